The molecule has 0 N–H and O–H groups in total. The lowest BCUT2D eigenvalue weighted by Crippen LogP contribution is -1.99. The van der Waals surface area contributed by atoms with Gasteiger partial charge in [0.1, 0.15) is 11.6 Å². The van der Waals surface area contributed by atoms with Crippen LogP contribution in [0.15, 0.2) is 59.9 Å². The molecule has 0 saturated carbocycles. The standard InChI is InChI=1S/C16H12F2N2O2S/c1-23(21,22)15-4-2-14(3-5-15)20-10-19-9-16(20)11-6-12(17)8-13(18)7-11/h2-10H,1H3. The van der Waals surface area contributed by atoms with Gasteiger partial charge >= 0.3 is 0 Å². The summed E-state index contributed by atoms with van der Waals surface area (Å²) in [7, 11) is -3.29. The van der Waals surface area contributed by atoms with Gasteiger partial charge in [-0.25, -0.2) is 22.2 Å². The minimum absolute atomic E-state index is 0.194. The minimum Gasteiger partial charge on any atom is -0.299 e. The molecular formula is C16H12F2N2O2S. The average molecular weight is 334 g/mol. The van der Waals surface area contributed by atoms with Crippen LogP contribution in [0, 0.1) is 11.6 Å². The molecular weight excluding hydrogens is 322 g/mol. The van der Waals surface area contributed by atoms with Crippen molar-refractivity contribution in [3.63, 3.8) is 0 Å². The summed E-state index contributed by atoms with van der Waals surface area (Å²) in [6.07, 6.45) is 4.10. The molecule has 0 aliphatic carbocycles. The maximum absolute atomic E-state index is 13.4. The third-order valence-electron chi connectivity index (χ3n) is 3.34. The number of rotatable bonds is 3. The Morgan fingerprint density at radius 2 is 1.61 bits per heavy atom. The summed E-state index contributed by atoms with van der Waals surface area (Å²) in [5.41, 5.74) is 1.47. The summed E-state index contributed by atoms with van der Waals surface area (Å²) < 4.78 is 51.4. The lowest BCUT2D eigenvalue weighted by molar-refractivity contribution is 0.584. The van der Waals surface area contributed by atoms with E-state index >= 15 is 0 Å². The third kappa shape index (κ3) is 3.14. The Morgan fingerprint density at radius 3 is 2.17 bits per heavy atom. The summed E-state index contributed by atoms with van der Waals surface area (Å²) >= 11 is 0. The van der Waals surface area contributed by atoms with Gasteiger partial charge in [0, 0.05) is 23.6 Å². The molecule has 0 bridgehead atoms. The molecule has 118 valence electrons. The van der Waals surface area contributed by atoms with Crippen LogP contribution in [0.2, 0.25) is 0 Å². The van der Waals surface area contributed by atoms with E-state index in [0.29, 0.717) is 16.9 Å². The van der Waals surface area contributed by atoms with E-state index < -0.39 is 21.5 Å². The first kappa shape index (κ1) is 15.4. The molecule has 1 heterocycles. The molecule has 0 saturated heterocycles. The molecule has 0 radical (unpaired) electrons. The SMILES string of the molecule is CS(=O)(=O)c1ccc(-n2cncc2-c2cc(F)cc(F)c2)cc1. The largest absolute Gasteiger partial charge is 0.299 e. The van der Waals surface area contributed by atoms with Crippen molar-refractivity contribution in [3.8, 4) is 16.9 Å². The molecule has 1 aromatic heterocycles. The summed E-state index contributed by atoms with van der Waals surface area (Å²) in [4.78, 5) is 4.20. The first-order valence-electron chi connectivity index (χ1n) is 6.64. The monoisotopic (exact) mass is 334 g/mol. The van der Waals surface area contributed by atoms with E-state index in [9.17, 15) is 17.2 Å². The van der Waals surface area contributed by atoms with Crippen molar-refractivity contribution in [1.29, 1.82) is 0 Å². The van der Waals surface area contributed by atoms with Crippen molar-refractivity contribution in [2.45, 2.75) is 4.90 Å². The fourth-order valence-corrected chi connectivity index (χ4v) is 2.90. The molecule has 7 heteroatoms. The van der Waals surface area contributed by atoms with Crippen molar-refractivity contribution in [2.75, 3.05) is 6.26 Å². The molecule has 0 atom stereocenters. The molecule has 0 spiro atoms. The van der Waals surface area contributed by atoms with E-state index in [2.05, 4.69) is 4.98 Å². The van der Waals surface area contributed by atoms with Crippen LogP contribution in [0.3, 0.4) is 0 Å². The van der Waals surface area contributed by atoms with Crippen molar-refractivity contribution in [2.24, 2.45) is 0 Å². The Morgan fingerprint density at radius 1 is 1.00 bits per heavy atom. The van der Waals surface area contributed by atoms with Gasteiger partial charge in [-0.2, -0.15) is 0 Å². The van der Waals surface area contributed by atoms with Crippen LogP contribution in [-0.4, -0.2) is 24.2 Å². The lowest BCUT2D eigenvalue weighted by atomic mass is 10.1. The lowest BCUT2D eigenvalue weighted by Gasteiger charge is -2.09. The van der Waals surface area contributed by atoms with Crippen molar-refractivity contribution in [3.05, 3.63) is 66.6 Å². The van der Waals surface area contributed by atoms with Crippen LogP contribution in [0.4, 0.5) is 8.78 Å². The fraction of sp³-hybridized carbons (Fsp3) is 0.0625. The Labute approximate surface area is 132 Å². The first-order chi connectivity index (χ1) is 10.8. The summed E-state index contributed by atoms with van der Waals surface area (Å²) in [6, 6.07) is 9.38. The second kappa shape index (κ2) is 5.58. The van der Waals surface area contributed by atoms with E-state index in [0.717, 1.165) is 12.3 Å². The number of imidazole rings is 1. The van der Waals surface area contributed by atoms with Crippen LogP contribution in [0.25, 0.3) is 16.9 Å². The fourth-order valence-electron chi connectivity index (χ4n) is 2.27. The van der Waals surface area contributed by atoms with Gasteiger partial charge in [-0.3, -0.25) is 4.57 Å². The van der Waals surface area contributed by atoms with Gasteiger partial charge in [0.2, 0.25) is 0 Å². The second-order valence-electron chi connectivity index (χ2n) is 5.07. The number of benzene rings is 2. The Bertz CT molecular complexity index is 944. The van der Waals surface area contributed by atoms with Gasteiger partial charge in [-0.05, 0) is 36.4 Å². The van der Waals surface area contributed by atoms with Crippen molar-refractivity contribution >= 4 is 9.84 Å². The maximum atomic E-state index is 13.4. The molecule has 23 heavy (non-hydrogen) atoms. The van der Waals surface area contributed by atoms with E-state index in [1.165, 1.54) is 36.8 Å². The Balaban J connectivity index is 2.07. The van der Waals surface area contributed by atoms with E-state index in [-0.39, 0.29) is 4.90 Å². The average Bonchev–Trinajstić information content (AvgIpc) is 2.95. The summed E-state index contributed by atoms with van der Waals surface area (Å²) in [6.45, 7) is 0. The summed E-state index contributed by atoms with van der Waals surface area (Å²) in [5.74, 6) is -1.36. The number of hydrogen-bond donors (Lipinski definition) is 0. The highest BCUT2D eigenvalue weighted by Crippen LogP contribution is 2.25. The van der Waals surface area contributed by atoms with Gasteiger partial charge in [0.05, 0.1) is 23.1 Å². The van der Waals surface area contributed by atoms with Crippen molar-refractivity contribution < 1.29 is 17.2 Å². The van der Waals surface area contributed by atoms with Crippen LogP contribution < -0.4 is 0 Å². The zero-order chi connectivity index (χ0) is 16.6. The summed E-state index contributed by atoms with van der Waals surface area (Å²) in [5, 5.41) is 0. The van der Waals surface area contributed by atoms with Crippen LogP contribution in [0.5, 0.6) is 0 Å². The second-order valence-corrected chi connectivity index (χ2v) is 7.09. The molecule has 0 fully saturated rings. The van der Waals surface area contributed by atoms with Gasteiger partial charge in [-0.15, -0.1) is 0 Å². The smallest absolute Gasteiger partial charge is 0.175 e. The van der Waals surface area contributed by atoms with E-state index in [1.807, 2.05) is 0 Å². The van der Waals surface area contributed by atoms with E-state index in [1.54, 1.807) is 16.7 Å². The third-order valence-corrected chi connectivity index (χ3v) is 4.47. The quantitative estimate of drug-likeness (QED) is 0.739. The first-order valence-corrected chi connectivity index (χ1v) is 8.53. The molecule has 3 rings (SSSR count). The highest BCUT2D eigenvalue weighted by Gasteiger charge is 2.11. The number of sulfone groups is 1. The predicted octanol–water partition coefficient (Wildman–Crippen LogP) is 3.22. The zero-order valence-corrected chi connectivity index (χ0v) is 12.9. The maximum Gasteiger partial charge on any atom is 0.175 e. The molecule has 0 aliphatic heterocycles. The molecule has 3 aromatic rings. The number of hydrogen-bond acceptors (Lipinski definition) is 3. The highest BCUT2D eigenvalue weighted by molar-refractivity contribution is 7.90. The van der Waals surface area contributed by atoms with Crippen LogP contribution >= 0.6 is 0 Å². The topological polar surface area (TPSA) is 52.0 Å². The molecule has 0 amide bonds. The number of aromatic nitrogens is 2. The Hall–Kier alpha value is -2.54. The normalized spacial score (nSPS) is 11.6. The van der Waals surface area contributed by atoms with Gasteiger partial charge in [0.25, 0.3) is 0 Å². The molecule has 2 aromatic carbocycles. The highest BCUT2D eigenvalue weighted by atomic mass is 32.2. The minimum atomic E-state index is -3.29. The van der Waals surface area contributed by atoms with Crippen LogP contribution in [0.1, 0.15) is 0 Å². The van der Waals surface area contributed by atoms with Gasteiger partial charge < -0.3 is 0 Å². The van der Waals surface area contributed by atoms with Crippen molar-refractivity contribution in [1.82, 2.24) is 9.55 Å². The Kier molecular flexibility index (Phi) is 3.73. The molecule has 4 nitrogen and oxygen atoms in total. The zero-order valence-electron chi connectivity index (χ0n) is 12.1. The van der Waals surface area contributed by atoms with E-state index in [4.69, 9.17) is 0 Å². The van der Waals surface area contributed by atoms with Gasteiger partial charge in [-0.1, -0.05) is 0 Å². The molecule has 0 unspecified atom stereocenters. The molecule has 0 aliphatic rings. The number of halogens is 2. The van der Waals surface area contributed by atoms with Gasteiger partial charge in [0.15, 0.2) is 9.84 Å². The number of nitrogens with zero attached hydrogens (tertiary/aromatic N) is 2. The predicted molar refractivity (Wildman–Crippen MR) is 82.0 cm³/mol. The van der Waals surface area contributed by atoms with Crippen LogP contribution in [-0.2, 0) is 9.84 Å².